The van der Waals surface area contributed by atoms with Gasteiger partial charge in [0, 0.05) is 38.9 Å². The number of carbonyl (C=O) groups excluding carboxylic acids is 1. The molecule has 1 amide bonds. The molecule has 2 heterocycles. The van der Waals surface area contributed by atoms with Gasteiger partial charge in [-0.25, -0.2) is 9.78 Å². The summed E-state index contributed by atoms with van der Waals surface area (Å²) >= 11 is 0. The second kappa shape index (κ2) is 5.92. The van der Waals surface area contributed by atoms with E-state index in [0.29, 0.717) is 31.1 Å². The van der Waals surface area contributed by atoms with Crippen molar-refractivity contribution < 1.29 is 14.6 Å². The molecule has 0 saturated heterocycles. The first-order valence-corrected chi connectivity index (χ1v) is 6.49. The number of pyridine rings is 1. The topological polar surface area (TPSA) is 65.9 Å². The Kier molecular flexibility index (Phi) is 4.24. The zero-order chi connectivity index (χ0) is 14.7. The Morgan fingerprint density at radius 3 is 2.90 bits per heavy atom. The SMILES string of the molecule is C=C(C)OC(=O)N1CCN(C)c2ccc(CCO)nc21. The van der Waals surface area contributed by atoms with Gasteiger partial charge in [0.15, 0.2) is 5.82 Å². The molecule has 1 aromatic rings. The lowest BCUT2D eigenvalue weighted by Crippen LogP contribution is -2.43. The number of aliphatic hydroxyl groups excluding tert-OH is 1. The Labute approximate surface area is 118 Å². The van der Waals surface area contributed by atoms with Crippen molar-refractivity contribution in [2.75, 3.05) is 36.5 Å². The van der Waals surface area contributed by atoms with Crippen LogP contribution in [0, 0.1) is 0 Å². The average molecular weight is 277 g/mol. The summed E-state index contributed by atoms with van der Waals surface area (Å²) in [5.41, 5.74) is 1.62. The van der Waals surface area contributed by atoms with Gasteiger partial charge < -0.3 is 14.7 Å². The van der Waals surface area contributed by atoms with Gasteiger partial charge in [0.05, 0.1) is 11.4 Å². The van der Waals surface area contributed by atoms with E-state index in [-0.39, 0.29) is 6.61 Å². The highest BCUT2D eigenvalue weighted by Crippen LogP contribution is 2.31. The van der Waals surface area contributed by atoms with Crippen LogP contribution in [-0.4, -0.2) is 42.9 Å². The number of carbonyl (C=O) groups is 1. The van der Waals surface area contributed by atoms with E-state index in [1.807, 2.05) is 24.1 Å². The summed E-state index contributed by atoms with van der Waals surface area (Å²) < 4.78 is 5.07. The molecule has 0 radical (unpaired) electrons. The second-order valence-electron chi connectivity index (χ2n) is 4.76. The molecular weight excluding hydrogens is 258 g/mol. The lowest BCUT2D eigenvalue weighted by molar-refractivity contribution is 0.184. The van der Waals surface area contributed by atoms with E-state index >= 15 is 0 Å². The van der Waals surface area contributed by atoms with Gasteiger partial charge in [0.25, 0.3) is 0 Å². The summed E-state index contributed by atoms with van der Waals surface area (Å²) in [7, 11) is 1.95. The smallest absolute Gasteiger partial charge is 0.415 e. The van der Waals surface area contributed by atoms with Crippen LogP contribution in [0.3, 0.4) is 0 Å². The van der Waals surface area contributed by atoms with Gasteiger partial charge >= 0.3 is 6.09 Å². The van der Waals surface area contributed by atoms with E-state index in [9.17, 15) is 4.79 Å². The number of hydrogen-bond acceptors (Lipinski definition) is 5. The van der Waals surface area contributed by atoms with E-state index < -0.39 is 6.09 Å². The Morgan fingerprint density at radius 2 is 2.25 bits per heavy atom. The van der Waals surface area contributed by atoms with Crippen molar-refractivity contribution in [2.45, 2.75) is 13.3 Å². The maximum Gasteiger partial charge on any atom is 0.420 e. The molecule has 20 heavy (non-hydrogen) atoms. The third-order valence-electron chi connectivity index (χ3n) is 3.09. The first-order valence-electron chi connectivity index (χ1n) is 6.49. The standard InChI is InChI=1S/C14H19N3O3/c1-10(2)20-14(19)17-8-7-16(3)12-5-4-11(6-9-18)15-13(12)17/h4-5,18H,1,6-9H2,2-3H3. The number of hydrogen-bond donors (Lipinski definition) is 1. The Balaban J connectivity index is 2.34. The predicted molar refractivity (Wildman–Crippen MR) is 76.9 cm³/mol. The molecule has 1 aliphatic heterocycles. The number of amides is 1. The van der Waals surface area contributed by atoms with Crippen LogP contribution in [0.15, 0.2) is 24.5 Å². The molecule has 0 saturated carbocycles. The molecule has 0 spiro atoms. The molecule has 0 fully saturated rings. The molecule has 2 rings (SSSR count). The van der Waals surface area contributed by atoms with Crippen LogP contribution < -0.4 is 9.80 Å². The first-order chi connectivity index (χ1) is 9.52. The van der Waals surface area contributed by atoms with Gasteiger partial charge in [0.1, 0.15) is 0 Å². The van der Waals surface area contributed by atoms with Crippen LogP contribution in [0.4, 0.5) is 16.3 Å². The van der Waals surface area contributed by atoms with Gasteiger partial charge in [-0.2, -0.15) is 0 Å². The first kappa shape index (κ1) is 14.3. The highest BCUT2D eigenvalue weighted by Gasteiger charge is 2.28. The number of fused-ring (bicyclic) bond motifs is 1. The van der Waals surface area contributed by atoms with Crippen molar-refractivity contribution >= 4 is 17.6 Å². The van der Waals surface area contributed by atoms with E-state index in [2.05, 4.69) is 11.6 Å². The molecule has 1 aromatic heterocycles. The molecule has 0 unspecified atom stereocenters. The van der Waals surface area contributed by atoms with Gasteiger partial charge in [-0.1, -0.05) is 6.58 Å². The van der Waals surface area contributed by atoms with Crippen LogP contribution in [0.1, 0.15) is 12.6 Å². The molecule has 1 N–H and O–H groups in total. The highest BCUT2D eigenvalue weighted by atomic mass is 16.6. The van der Waals surface area contributed by atoms with Crippen LogP contribution in [0.2, 0.25) is 0 Å². The monoisotopic (exact) mass is 277 g/mol. The maximum absolute atomic E-state index is 12.1. The summed E-state index contributed by atoms with van der Waals surface area (Å²) in [6.45, 7) is 6.44. The van der Waals surface area contributed by atoms with Crippen molar-refractivity contribution in [1.29, 1.82) is 0 Å². The zero-order valence-electron chi connectivity index (χ0n) is 11.8. The van der Waals surface area contributed by atoms with Crippen LogP contribution in [0.5, 0.6) is 0 Å². The third-order valence-corrected chi connectivity index (χ3v) is 3.09. The quantitative estimate of drug-likeness (QED) is 0.849. The molecule has 0 bridgehead atoms. The van der Waals surface area contributed by atoms with Crippen LogP contribution in [-0.2, 0) is 11.2 Å². The summed E-state index contributed by atoms with van der Waals surface area (Å²) in [5.74, 6) is 0.915. The fraction of sp³-hybridized carbons (Fsp3) is 0.429. The summed E-state index contributed by atoms with van der Waals surface area (Å²) in [5, 5.41) is 9.00. The molecule has 108 valence electrons. The fourth-order valence-corrected chi connectivity index (χ4v) is 2.09. The van der Waals surface area contributed by atoms with E-state index in [1.54, 1.807) is 6.92 Å². The van der Waals surface area contributed by atoms with E-state index in [0.717, 1.165) is 11.4 Å². The van der Waals surface area contributed by atoms with E-state index in [4.69, 9.17) is 9.84 Å². The molecule has 6 nitrogen and oxygen atoms in total. The largest absolute Gasteiger partial charge is 0.420 e. The minimum absolute atomic E-state index is 0.0256. The number of rotatable bonds is 3. The number of aliphatic hydroxyl groups is 1. The Morgan fingerprint density at radius 1 is 1.50 bits per heavy atom. The minimum Gasteiger partial charge on any atom is -0.415 e. The van der Waals surface area contributed by atoms with E-state index in [1.165, 1.54) is 4.90 Å². The summed E-state index contributed by atoms with van der Waals surface area (Å²) in [6.07, 6.45) is -0.0131. The highest BCUT2D eigenvalue weighted by molar-refractivity contribution is 5.92. The van der Waals surface area contributed by atoms with Gasteiger partial charge in [-0.3, -0.25) is 4.90 Å². The van der Waals surface area contributed by atoms with Crippen LogP contribution >= 0.6 is 0 Å². The molecule has 6 heteroatoms. The van der Waals surface area contributed by atoms with Crippen molar-refractivity contribution in [3.05, 3.63) is 30.2 Å². The fourth-order valence-electron chi connectivity index (χ4n) is 2.09. The van der Waals surface area contributed by atoms with Crippen molar-refractivity contribution in [1.82, 2.24) is 4.98 Å². The number of aromatic nitrogens is 1. The number of likely N-dealkylation sites (N-methyl/N-ethyl adjacent to an activating group) is 1. The molecule has 0 atom stereocenters. The van der Waals surface area contributed by atoms with Crippen molar-refractivity contribution in [3.8, 4) is 0 Å². The van der Waals surface area contributed by atoms with Gasteiger partial charge in [-0.05, 0) is 19.1 Å². The third kappa shape index (κ3) is 2.91. The summed E-state index contributed by atoms with van der Waals surface area (Å²) in [6, 6.07) is 3.77. The van der Waals surface area contributed by atoms with Crippen molar-refractivity contribution in [3.63, 3.8) is 0 Å². The number of nitrogens with zero attached hydrogens (tertiary/aromatic N) is 3. The zero-order valence-corrected chi connectivity index (χ0v) is 11.8. The average Bonchev–Trinajstić information content (AvgIpc) is 2.38. The minimum atomic E-state index is -0.472. The maximum atomic E-state index is 12.1. The number of anilines is 2. The lowest BCUT2D eigenvalue weighted by Gasteiger charge is -2.34. The number of ether oxygens (including phenoxy) is 1. The van der Waals surface area contributed by atoms with Gasteiger partial charge in [-0.15, -0.1) is 0 Å². The van der Waals surface area contributed by atoms with Gasteiger partial charge in [0.2, 0.25) is 0 Å². The molecule has 1 aliphatic rings. The second-order valence-corrected chi connectivity index (χ2v) is 4.76. The van der Waals surface area contributed by atoms with Crippen LogP contribution in [0.25, 0.3) is 0 Å². The van der Waals surface area contributed by atoms with Crippen molar-refractivity contribution in [2.24, 2.45) is 0 Å². The summed E-state index contributed by atoms with van der Waals surface area (Å²) in [4.78, 5) is 20.1. The Hall–Kier alpha value is -2.08. The molecular formula is C14H19N3O3. The normalized spacial score (nSPS) is 13.9. The molecule has 0 aliphatic carbocycles. The Bertz CT molecular complexity index is 530. The number of allylic oxidation sites excluding steroid dienone is 1. The predicted octanol–water partition coefficient (Wildman–Crippen LogP) is 1.54. The lowest BCUT2D eigenvalue weighted by atomic mass is 10.2. The molecule has 0 aromatic carbocycles.